The Hall–Kier alpha value is 0.168. The van der Waals surface area contributed by atoms with Crippen LogP contribution in [0, 0.1) is 14.9 Å². The predicted molar refractivity (Wildman–Crippen MR) is 35.7 cm³/mol. The van der Waals surface area contributed by atoms with Crippen molar-refractivity contribution in [2.24, 2.45) is 0 Å². The third kappa shape index (κ3) is 6.17. The van der Waals surface area contributed by atoms with Crippen molar-refractivity contribution < 1.29 is 21.1 Å². The van der Waals surface area contributed by atoms with E-state index >= 15 is 0 Å². The minimum atomic E-state index is 0. The number of allylic oxidation sites excluding steroid dienone is 4. The summed E-state index contributed by atoms with van der Waals surface area (Å²) in [6.07, 6.45) is 9.50. The summed E-state index contributed by atoms with van der Waals surface area (Å²) in [5.74, 6) is 0. The molecule has 1 aliphatic rings. The van der Waals surface area contributed by atoms with Gasteiger partial charge in [0.05, 0.1) is 0 Å². The maximum absolute atomic E-state index is 2.12. The Labute approximate surface area is 66.9 Å². The van der Waals surface area contributed by atoms with E-state index in [1.54, 1.807) is 0 Å². The molecule has 0 unspecified atom stereocenters. The van der Waals surface area contributed by atoms with Crippen LogP contribution in [-0.2, 0) is 21.1 Å². The van der Waals surface area contributed by atoms with Crippen LogP contribution in [0.25, 0.3) is 0 Å². The molecule has 0 N–H and O–H groups in total. The van der Waals surface area contributed by atoms with Crippen LogP contribution in [0.15, 0.2) is 24.3 Å². The van der Waals surface area contributed by atoms with E-state index in [0.717, 1.165) is 6.42 Å². The molecule has 1 rings (SSSR count). The number of hydrogen-bond donors (Lipinski definition) is 0. The maximum Gasteiger partial charge on any atom is 2.00 e. The second-order valence-corrected chi connectivity index (χ2v) is 1.09. The van der Waals surface area contributed by atoms with Gasteiger partial charge in [0.15, 0.2) is 0 Å². The molecule has 0 radical (unpaired) electrons. The van der Waals surface area contributed by atoms with Crippen molar-refractivity contribution >= 4 is 0 Å². The van der Waals surface area contributed by atoms with Crippen LogP contribution in [0.3, 0.4) is 0 Å². The van der Waals surface area contributed by atoms with Crippen LogP contribution in [0.4, 0.5) is 0 Å². The van der Waals surface area contributed by atoms with Crippen molar-refractivity contribution in [3.8, 4) is 0 Å². The Kier molecular flexibility index (Phi) is 20.1. The van der Waals surface area contributed by atoms with Crippen LogP contribution >= 0.6 is 0 Å². The zero-order valence-corrected chi connectivity index (χ0v) is 7.60. The van der Waals surface area contributed by atoms with E-state index in [0.29, 0.717) is 0 Å². The monoisotopic (exact) mass is 291 g/mol. The van der Waals surface area contributed by atoms with Crippen molar-refractivity contribution in [3.63, 3.8) is 0 Å². The molecule has 0 aromatic heterocycles. The van der Waals surface area contributed by atoms with Gasteiger partial charge in [-0.2, -0.15) is 0 Å². The summed E-state index contributed by atoms with van der Waals surface area (Å²) in [6.45, 7) is 0. The maximum atomic E-state index is 2.12. The Balaban J connectivity index is -0.0000000833. The van der Waals surface area contributed by atoms with E-state index in [2.05, 4.69) is 24.3 Å². The molecular formula is C7H12Pt. The first kappa shape index (κ1) is 15.7. The van der Waals surface area contributed by atoms with Crippen molar-refractivity contribution in [1.82, 2.24) is 0 Å². The Morgan fingerprint density at radius 1 is 0.875 bits per heavy atom. The molecule has 0 spiro atoms. The van der Waals surface area contributed by atoms with Gasteiger partial charge in [-0.15, -0.1) is 0 Å². The molecule has 0 atom stereocenters. The molecule has 0 bridgehead atoms. The minimum absolute atomic E-state index is 0. The molecule has 0 fully saturated rings. The zero-order valence-electron chi connectivity index (χ0n) is 5.33. The van der Waals surface area contributed by atoms with Gasteiger partial charge in [-0.1, -0.05) is 24.3 Å². The van der Waals surface area contributed by atoms with Crippen molar-refractivity contribution in [2.45, 2.75) is 6.42 Å². The topological polar surface area (TPSA) is 0 Å². The minimum Gasteiger partial charge on any atom is -0.358 e. The van der Waals surface area contributed by atoms with Gasteiger partial charge in [0.1, 0.15) is 0 Å². The van der Waals surface area contributed by atoms with Crippen LogP contribution in [-0.4, -0.2) is 0 Å². The smallest absolute Gasteiger partial charge is 0.358 e. The SMILES string of the molecule is C1=CCC=C1.[CH3-].[CH3-].[Pt+2]. The van der Waals surface area contributed by atoms with Crippen molar-refractivity contribution in [1.29, 1.82) is 0 Å². The predicted octanol–water partition coefficient (Wildman–Crippen LogP) is 2.40. The fraction of sp³-hybridized carbons (Fsp3) is 0.143. The molecule has 1 aliphatic carbocycles. The second-order valence-electron chi connectivity index (χ2n) is 1.09. The second kappa shape index (κ2) is 10.2. The number of hydrogen-bond acceptors (Lipinski definition) is 0. The van der Waals surface area contributed by atoms with Gasteiger partial charge in [0.25, 0.3) is 0 Å². The molecule has 0 aliphatic heterocycles. The fourth-order valence-corrected chi connectivity index (χ4v) is 0.393. The summed E-state index contributed by atoms with van der Waals surface area (Å²) in [7, 11) is 0. The molecule has 1 heteroatoms. The Bertz CT molecular complexity index is 62.5. The average molecular weight is 291 g/mol. The van der Waals surface area contributed by atoms with E-state index in [-0.39, 0.29) is 35.9 Å². The summed E-state index contributed by atoms with van der Waals surface area (Å²) in [5, 5.41) is 0. The van der Waals surface area contributed by atoms with Crippen LogP contribution < -0.4 is 0 Å². The van der Waals surface area contributed by atoms with E-state index in [1.807, 2.05) is 0 Å². The molecule has 0 aromatic rings. The Morgan fingerprint density at radius 2 is 1.25 bits per heavy atom. The Morgan fingerprint density at radius 3 is 1.38 bits per heavy atom. The molecule has 8 heavy (non-hydrogen) atoms. The van der Waals surface area contributed by atoms with Gasteiger partial charge < -0.3 is 14.9 Å². The molecule has 0 saturated heterocycles. The first-order valence-electron chi connectivity index (χ1n) is 1.82. The molecule has 0 amide bonds. The molecule has 50 valence electrons. The first-order chi connectivity index (χ1) is 2.50. The first-order valence-corrected chi connectivity index (χ1v) is 1.82. The fourth-order valence-electron chi connectivity index (χ4n) is 0.393. The van der Waals surface area contributed by atoms with E-state index in [1.165, 1.54) is 0 Å². The normalized spacial score (nSPS) is 11.0. The molecule has 0 heterocycles. The largest absolute Gasteiger partial charge is 2.00 e. The van der Waals surface area contributed by atoms with Crippen LogP contribution in [0.5, 0.6) is 0 Å². The van der Waals surface area contributed by atoms with E-state index in [4.69, 9.17) is 0 Å². The van der Waals surface area contributed by atoms with Gasteiger partial charge in [0.2, 0.25) is 0 Å². The third-order valence-corrected chi connectivity index (χ3v) is 0.655. The van der Waals surface area contributed by atoms with Crippen molar-refractivity contribution in [3.05, 3.63) is 39.2 Å². The quantitative estimate of drug-likeness (QED) is 0.601. The summed E-state index contributed by atoms with van der Waals surface area (Å²) in [4.78, 5) is 0. The van der Waals surface area contributed by atoms with Gasteiger partial charge in [-0.3, -0.25) is 0 Å². The van der Waals surface area contributed by atoms with Gasteiger partial charge >= 0.3 is 21.1 Å². The standard InChI is InChI=1S/C5H6.2CH3.Pt/c1-2-4-5-3-1;;;/h1-4H,5H2;2*1H3;/q;2*-1;+2. The molecular weight excluding hydrogens is 279 g/mol. The molecule has 0 nitrogen and oxygen atoms in total. The van der Waals surface area contributed by atoms with Gasteiger partial charge in [0, 0.05) is 0 Å². The third-order valence-electron chi connectivity index (χ3n) is 0.655. The summed E-state index contributed by atoms with van der Waals surface area (Å²) >= 11 is 0. The molecule has 0 aromatic carbocycles. The average Bonchev–Trinajstić information content (AvgIpc) is 1.76. The van der Waals surface area contributed by atoms with Gasteiger partial charge in [-0.05, 0) is 6.42 Å². The number of rotatable bonds is 0. The van der Waals surface area contributed by atoms with Crippen LogP contribution in [0.1, 0.15) is 6.42 Å². The summed E-state index contributed by atoms with van der Waals surface area (Å²) < 4.78 is 0. The van der Waals surface area contributed by atoms with Gasteiger partial charge in [-0.25, -0.2) is 0 Å². The van der Waals surface area contributed by atoms with E-state index in [9.17, 15) is 0 Å². The van der Waals surface area contributed by atoms with Crippen LogP contribution in [0.2, 0.25) is 0 Å². The molecule has 0 saturated carbocycles. The van der Waals surface area contributed by atoms with E-state index < -0.39 is 0 Å². The van der Waals surface area contributed by atoms with Crippen molar-refractivity contribution in [2.75, 3.05) is 0 Å². The zero-order chi connectivity index (χ0) is 3.54. The summed E-state index contributed by atoms with van der Waals surface area (Å²) in [5.41, 5.74) is 0. The summed E-state index contributed by atoms with van der Waals surface area (Å²) in [6, 6.07) is 0.